The summed E-state index contributed by atoms with van der Waals surface area (Å²) >= 11 is 1.31. The highest BCUT2D eigenvalue weighted by Crippen LogP contribution is 2.11. The molecule has 0 unspecified atom stereocenters. The minimum absolute atomic E-state index is 0.308. The van der Waals surface area contributed by atoms with Crippen molar-refractivity contribution in [2.75, 3.05) is 11.6 Å². The van der Waals surface area contributed by atoms with Gasteiger partial charge in [0.1, 0.15) is 5.69 Å². The summed E-state index contributed by atoms with van der Waals surface area (Å²) in [5.74, 6) is -0.363. The highest BCUT2D eigenvalue weighted by molar-refractivity contribution is 7.89. The Bertz CT molecular complexity index is 628. The van der Waals surface area contributed by atoms with Crippen molar-refractivity contribution in [3.63, 3.8) is 0 Å². The van der Waals surface area contributed by atoms with Crippen LogP contribution in [0.25, 0.3) is 0 Å². The van der Waals surface area contributed by atoms with E-state index in [0.29, 0.717) is 11.4 Å². The number of nitrogens with zero attached hydrogens (tertiary/aromatic N) is 2. The lowest BCUT2D eigenvalue weighted by Gasteiger charge is -1.99. The third-order valence-corrected chi connectivity index (χ3v) is 3.55. The fourth-order valence-electron chi connectivity index (χ4n) is 1.18. The largest absolute Gasteiger partial charge is 0.319 e. The number of carbonyl (C=O) groups is 1. The molecule has 1 amide bonds. The van der Waals surface area contributed by atoms with Crippen molar-refractivity contribution >= 4 is 33.0 Å². The van der Waals surface area contributed by atoms with Crippen LogP contribution in [0.5, 0.6) is 0 Å². The van der Waals surface area contributed by atoms with Crippen molar-refractivity contribution in [3.05, 3.63) is 35.0 Å². The molecular weight excluding hydrogens is 262 g/mol. The predicted molar refractivity (Wildman–Crippen MR) is 64.7 cm³/mol. The predicted octanol–water partition coefficient (Wildman–Crippen LogP) is 1.00. The Kier molecular flexibility index (Phi) is 2.99. The summed E-state index contributed by atoms with van der Waals surface area (Å²) in [6, 6.07) is 1.51. The Hall–Kier alpha value is -1.67. The molecule has 17 heavy (non-hydrogen) atoms. The van der Waals surface area contributed by atoms with Crippen molar-refractivity contribution in [3.8, 4) is 0 Å². The standard InChI is InChI=1S/C9H9N3O3S2/c1-17(14,15)12-3-2-7(4-12)11-9(13)8-5-16-6-10-8/h2-6H,1H3,(H,11,13). The Morgan fingerprint density at radius 2 is 2.29 bits per heavy atom. The van der Waals surface area contributed by atoms with E-state index in [-0.39, 0.29) is 5.91 Å². The molecule has 0 aliphatic rings. The van der Waals surface area contributed by atoms with Crippen LogP contribution in [0, 0.1) is 0 Å². The monoisotopic (exact) mass is 271 g/mol. The normalized spacial score (nSPS) is 11.4. The average molecular weight is 271 g/mol. The molecule has 6 nitrogen and oxygen atoms in total. The number of carbonyl (C=O) groups excluding carboxylic acids is 1. The van der Waals surface area contributed by atoms with Crippen LogP contribution in [0.15, 0.2) is 29.4 Å². The first kappa shape index (κ1) is 11.8. The van der Waals surface area contributed by atoms with Gasteiger partial charge in [-0.1, -0.05) is 0 Å². The summed E-state index contributed by atoms with van der Waals surface area (Å²) < 4.78 is 23.4. The zero-order chi connectivity index (χ0) is 12.5. The lowest BCUT2D eigenvalue weighted by molar-refractivity contribution is 0.102. The molecular formula is C9H9N3O3S2. The highest BCUT2D eigenvalue weighted by Gasteiger charge is 2.10. The van der Waals surface area contributed by atoms with E-state index in [1.165, 1.54) is 29.8 Å². The number of hydrogen-bond acceptors (Lipinski definition) is 5. The number of rotatable bonds is 3. The quantitative estimate of drug-likeness (QED) is 0.903. The Morgan fingerprint density at radius 3 is 2.82 bits per heavy atom. The molecule has 0 radical (unpaired) electrons. The SMILES string of the molecule is CS(=O)(=O)n1ccc(NC(=O)c2cscn2)c1. The van der Waals surface area contributed by atoms with Gasteiger partial charge in [0.15, 0.2) is 0 Å². The van der Waals surface area contributed by atoms with Gasteiger partial charge in [-0.05, 0) is 6.07 Å². The summed E-state index contributed by atoms with van der Waals surface area (Å²) in [4.78, 5) is 15.5. The third-order valence-electron chi connectivity index (χ3n) is 1.97. The molecule has 2 aromatic heterocycles. The molecule has 2 aromatic rings. The van der Waals surface area contributed by atoms with Gasteiger partial charge in [-0.25, -0.2) is 13.4 Å². The maximum Gasteiger partial charge on any atom is 0.275 e. The second kappa shape index (κ2) is 4.30. The summed E-state index contributed by atoms with van der Waals surface area (Å²) in [7, 11) is -3.32. The van der Waals surface area contributed by atoms with Crippen molar-refractivity contribution in [1.29, 1.82) is 0 Å². The van der Waals surface area contributed by atoms with E-state index >= 15 is 0 Å². The molecule has 0 fully saturated rings. The van der Waals surface area contributed by atoms with Crippen LogP contribution in [0.3, 0.4) is 0 Å². The first-order valence-electron chi connectivity index (χ1n) is 4.55. The zero-order valence-electron chi connectivity index (χ0n) is 8.82. The molecule has 0 saturated carbocycles. The van der Waals surface area contributed by atoms with E-state index in [2.05, 4.69) is 10.3 Å². The summed E-state index contributed by atoms with van der Waals surface area (Å²) in [5.41, 5.74) is 2.27. The molecule has 0 bridgehead atoms. The van der Waals surface area contributed by atoms with E-state index < -0.39 is 10.0 Å². The second-order valence-corrected chi connectivity index (χ2v) is 5.93. The van der Waals surface area contributed by atoms with E-state index in [0.717, 1.165) is 10.2 Å². The topological polar surface area (TPSA) is 81.1 Å². The molecule has 0 spiro atoms. The van der Waals surface area contributed by atoms with Crippen LogP contribution >= 0.6 is 11.3 Å². The van der Waals surface area contributed by atoms with Crippen LogP contribution in [0.2, 0.25) is 0 Å². The van der Waals surface area contributed by atoms with Gasteiger partial charge in [-0.2, -0.15) is 0 Å². The van der Waals surface area contributed by atoms with Gasteiger partial charge in [0.2, 0.25) is 10.0 Å². The number of anilines is 1. The number of hydrogen-bond donors (Lipinski definition) is 1. The van der Waals surface area contributed by atoms with E-state index in [9.17, 15) is 13.2 Å². The van der Waals surface area contributed by atoms with Gasteiger partial charge < -0.3 is 5.32 Å². The van der Waals surface area contributed by atoms with Gasteiger partial charge in [0, 0.05) is 17.8 Å². The van der Waals surface area contributed by atoms with Crippen LogP contribution in [-0.4, -0.2) is 29.5 Å². The van der Waals surface area contributed by atoms with Crippen molar-refractivity contribution in [1.82, 2.24) is 8.96 Å². The van der Waals surface area contributed by atoms with Gasteiger partial charge in [0.25, 0.3) is 5.91 Å². The fraction of sp³-hybridized carbons (Fsp3) is 0.111. The van der Waals surface area contributed by atoms with E-state index in [1.807, 2.05) is 0 Å². The van der Waals surface area contributed by atoms with Gasteiger partial charge in [-0.3, -0.25) is 8.77 Å². The molecule has 0 aromatic carbocycles. The average Bonchev–Trinajstić information content (AvgIpc) is 2.85. The van der Waals surface area contributed by atoms with Crippen LogP contribution in [-0.2, 0) is 10.0 Å². The minimum atomic E-state index is -3.32. The summed E-state index contributed by atoms with van der Waals surface area (Å²) in [5, 5.41) is 4.17. The molecule has 90 valence electrons. The van der Waals surface area contributed by atoms with Crippen LogP contribution in [0.1, 0.15) is 10.5 Å². The van der Waals surface area contributed by atoms with E-state index in [1.54, 1.807) is 10.9 Å². The molecule has 8 heteroatoms. The molecule has 2 heterocycles. The third kappa shape index (κ3) is 2.71. The Labute approximate surface area is 102 Å². The minimum Gasteiger partial charge on any atom is -0.319 e. The molecule has 1 N–H and O–H groups in total. The maximum absolute atomic E-state index is 11.6. The first-order valence-corrected chi connectivity index (χ1v) is 7.34. The van der Waals surface area contributed by atoms with Crippen molar-refractivity contribution in [2.24, 2.45) is 0 Å². The summed E-state index contributed by atoms with van der Waals surface area (Å²) in [6.07, 6.45) is 3.78. The molecule has 2 rings (SSSR count). The molecule has 0 aliphatic heterocycles. The van der Waals surface area contributed by atoms with E-state index in [4.69, 9.17) is 0 Å². The lowest BCUT2D eigenvalue weighted by Crippen LogP contribution is -2.12. The van der Waals surface area contributed by atoms with Gasteiger partial charge in [0.05, 0.1) is 17.5 Å². The first-order chi connectivity index (χ1) is 7.97. The number of thiazole rings is 1. The molecule has 0 atom stereocenters. The van der Waals surface area contributed by atoms with Crippen molar-refractivity contribution in [2.45, 2.75) is 0 Å². The van der Waals surface area contributed by atoms with Crippen LogP contribution in [0.4, 0.5) is 5.69 Å². The number of amides is 1. The highest BCUT2D eigenvalue weighted by atomic mass is 32.2. The maximum atomic E-state index is 11.6. The molecule has 0 aliphatic carbocycles. The smallest absolute Gasteiger partial charge is 0.275 e. The lowest BCUT2D eigenvalue weighted by atomic mass is 10.4. The fourth-order valence-corrected chi connectivity index (χ4v) is 2.30. The van der Waals surface area contributed by atoms with Crippen LogP contribution < -0.4 is 5.32 Å². The number of aromatic nitrogens is 2. The molecule has 0 saturated heterocycles. The van der Waals surface area contributed by atoms with Crippen molar-refractivity contribution < 1.29 is 13.2 Å². The zero-order valence-corrected chi connectivity index (χ0v) is 10.5. The number of nitrogens with one attached hydrogen (secondary N) is 1. The second-order valence-electron chi connectivity index (χ2n) is 3.32. The Morgan fingerprint density at radius 1 is 1.53 bits per heavy atom. The Balaban J connectivity index is 2.15. The van der Waals surface area contributed by atoms with Gasteiger partial charge >= 0.3 is 0 Å². The van der Waals surface area contributed by atoms with Gasteiger partial charge in [-0.15, -0.1) is 11.3 Å². The summed E-state index contributed by atoms with van der Waals surface area (Å²) in [6.45, 7) is 0.